The molecular formula is C12H19N3O2. The second kappa shape index (κ2) is 5.40. The smallest absolute Gasteiger partial charge is 0.233 e. The summed E-state index contributed by atoms with van der Waals surface area (Å²) in [5.41, 5.74) is 0. The molecule has 0 N–H and O–H groups in total. The minimum atomic E-state index is 0.214. The second-order valence-electron chi connectivity index (χ2n) is 4.81. The zero-order chi connectivity index (χ0) is 12.3. The van der Waals surface area contributed by atoms with Crippen molar-refractivity contribution in [3.63, 3.8) is 0 Å². The molecule has 17 heavy (non-hydrogen) atoms. The quantitative estimate of drug-likeness (QED) is 0.721. The Morgan fingerprint density at radius 1 is 1.59 bits per heavy atom. The maximum atomic E-state index is 10.3. The van der Waals surface area contributed by atoms with Gasteiger partial charge in [-0.05, 0) is 33.2 Å². The predicted octanol–water partition coefficient (Wildman–Crippen LogP) is 1.23. The summed E-state index contributed by atoms with van der Waals surface area (Å²) >= 11 is 0. The highest BCUT2D eigenvalue weighted by molar-refractivity contribution is 5.52. The molecule has 0 bridgehead atoms. The molecule has 1 aliphatic heterocycles. The van der Waals surface area contributed by atoms with Crippen LogP contribution in [0.25, 0.3) is 0 Å². The van der Waals surface area contributed by atoms with Crippen molar-refractivity contribution in [2.75, 3.05) is 6.54 Å². The molecule has 5 heteroatoms. The lowest BCUT2D eigenvalue weighted by atomic mass is 10.1. The number of likely N-dealkylation sites (tertiary alicyclic amines) is 1. The Balaban J connectivity index is 1.97. The van der Waals surface area contributed by atoms with Crippen LogP contribution < -0.4 is 0 Å². The molecule has 1 aliphatic rings. The van der Waals surface area contributed by atoms with Gasteiger partial charge in [0.2, 0.25) is 5.89 Å². The molecule has 5 nitrogen and oxygen atoms in total. The molecule has 2 heterocycles. The number of rotatable bonds is 5. The highest BCUT2D eigenvalue weighted by atomic mass is 16.5. The molecule has 0 amide bonds. The number of hydrogen-bond donors (Lipinski definition) is 0. The molecular weight excluding hydrogens is 218 g/mol. The summed E-state index contributed by atoms with van der Waals surface area (Å²) in [6.45, 7) is 5.58. The van der Waals surface area contributed by atoms with Crippen LogP contribution in [0.3, 0.4) is 0 Å². The van der Waals surface area contributed by atoms with Crippen LogP contribution in [0.5, 0.6) is 0 Å². The molecule has 1 saturated heterocycles. The Morgan fingerprint density at radius 3 is 3.12 bits per heavy atom. The third kappa shape index (κ3) is 2.91. The maximum Gasteiger partial charge on any atom is 0.233 e. The average molecular weight is 237 g/mol. The van der Waals surface area contributed by atoms with Crippen molar-refractivity contribution >= 4 is 6.29 Å². The minimum absolute atomic E-state index is 0.214. The highest BCUT2D eigenvalue weighted by Gasteiger charge is 2.27. The number of carbonyl (C=O) groups is 1. The van der Waals surface area contributed by atoms with Gasteiger partial charge in [-0.1, -0.05) is 5.16 Å². The van der Waals surface area contributed by atoms with E-state index in [1.165, 1.54) is 12.8 Å². The van der Waals surface area contributed by atoms with Crippen LogP contribution in [0.1, 0.15) is 38.4 Å². The summed E-state index contributed by atoms with van der Waals surface area (Å²) in [5, 5.41) is 3.92. The lowest BCUT2D eigenvalue weighted by molar-refractivity contribution is -0.107. The zero-order valence-electron chi connectivity index (χ0n) is 10.4. The molecule has 1 aromatic rings. The predicted molar refractivity (Wildman–Crippen MR) is 62.6 cm³/mol. The fourth-order valence-corrected chi connectivity index (χ4v) is 2.50. The van der Waals surface area contributed by atoms with E-state index in [0.29, 0.717) is 18.0 Å². The summed E-state index contributed by atoms with van der Waals surface area (Å²) in [7, 11) is 0. The third-order valence-corrected chi connectivity index (χ3v) is 3.27. The Hall–Kier alpha value is -1.23. The molecule has 94 valence electrons. The molecule has 1 aromatic heterocycles. The van der Waals surface area contributed by atoms with E-state index in [0.717, 1.165) is 25.1 Å². The van der Waals surface area contributed by atoms with E-state index in [9.17, 15) is 4.79 Å². The number of aldehydes is 1. The van der Waals surface area contributed by atoms with Gasteiger partial charge in [0, 0.05) is 18.5 Å². The van der Waals surface area contributed by atoms with Crippen molar-refractivity contribution in [1.29, 1.82) is 0 Å². The van der Waals surface area contributed by atoms with Crippen molar-refractivity contribution in [1.82, 2.24) is 15.0 Å². The van der Waals surface area contributed by atoms with E-state index < -0.39 is 0 Å². The number of carbonyl (C=O) groups excluding carboxylic acids is 1. The first-order chi connectivity index (χ1) is 8.20. The summed E-state index contributed by atoms with van der Waals surface area (Å²) in [6, 6.07) is 1.07. The van der Waals surface area contributed by atoms with E-state index >= 15 is 0 Å². The van der Waals surface area contributed by atoms with Gasteiger partial charge in [-0.2, -0.15) is 4.98 Å². The summed E-state index contributed by atoms with van der Waals surface area (Å²) in [5.74, 6) is 1.14. The Morgan fingerprint density at radius 2 is 2.41 bits per heavy atom. The maximum absolute atomic E-state index is 10.3. The largest absolute Gasteiger partial charge is 0.339 e. The van der Waals surface area contributed by atoms with Gasteiger partial charge in [0.05, 0.1) is 6.42 Å². The van der Waals surface area contributed by atoms with Gasteiger partial charge < -0.3 is 9.32 Å². The van der Waals surface area contributed by atoms with E-state index in [1.54, 1.807) is 0 Å². The lowest BCUT2D eigenvalue weighted by Gasteiger charge is -2.27. The molecule has 0 aliphatic carbocycles. The van der Waals surface area contributed by atoms with Crippen molar-refractivity contribution in [3.8, 4) is 0 Å². The van der Waals surface area contributed by atoms with Crippen LogP contribution in [0.15, 0.2) is 4.52 Å². The topological polar surface area (TPSA) is 59.2 Å². The Labute approximate surface area is 101 Å². The van der Waals surface area contributed by atoms with Crippen LogP contribution in [0.2, 0.25) is 0 Å². The van der Waals surface area contributed by atoms with E-state index in [-0.39, 0.29) is 6.42 Å². The van der Waals surface area contributed by atoms with Gasteiger partial charge in [-0.25, -0.2) is 0 Å². The van der Waals surface area contributed by atoms with Gasteiger partial charge >= 0.3 is 0 Å². The molecule has 1 fully saturated rings. The summed E-state index contributed by atoms with van der Waals surface area (Å²) in [4.78, 5) is 17.0. The van der Waals surface area contributed by atoms with Crippen LogP contribution in [0, 0.1) is 0 Å². The van der Waals surface area contributed by atoms with E-state index in [2.05, 4.69) is 28.9 Å². The number of aromatic nitrogens is 2. The van der Waals surface area contributed by atoms with Gasteiger partial charge in [-0.15, -0.1) is 0 Å². The first-order valence-corrected chi connectivity index (χ1v) is 6.21. The van der Waals surface area contributed by atoms with Crippen LogP contribution >= 0.6 is 0 Å². The molecule has 1 unspecified atom stereocenters. The Kier molecular flexibility index (Phi) is 3.89. The molecule has 1 atom stereocenters. The normalized spacial score (nSPS) is 21.2. The van der Waals surface area contributed by atoms with Gasteiger partial charge in [0.1, 0.15) is 6.29 Å². The third-order valence-electron chi connectivity index (χ3n) is 3.27. The molecule has 0 saturated carbocycles. The van der Waals surface area contributed by atoms with Crippen molar-refractivity contribution in [2.45, 2.75) is 51.6 Å². The summed E-state index contributed by atoms with van der Waals surface area (Å²) in [6.07, 6.45) is 4.25. The van der Waals surface area contributed by atoms with E-state index in [1.807, 2.05) is 0 Å². The zero-order valence-corrected chi connectivity index (χ0v) is 10.4. The summed E-state index contributed by atoms with van der Waals surface area (Å²) < 4.78 is 5.00. The number of nitrogens with zero attached hydrogens (tertiary/aromatic N) is 3. The lowest BCUT2D eigenvalue weighted by Crippen LogP contribution is -2.36. The van der Waals surface area contributed by atoms with Crippen LogP contribution in [0.4, 0.5) is 0 Å². The van der Waals surface area contributed by atoms with Gasteiger partial charge in [0.15, 0.2) is 5.82 Å². The van der Waals surface area contributed by atoms with Gasteiger partial charge in [0.25, 0.3) is 0 Å². The monoisotopic (exact) mass is 237 g/mol. The molecule has 2 rings (SSSR count). The van der Waals surface area contributed by atoms with Gasteiger partial charge in [-0.3, -0.25) is 4.90 Å². The molecule has 0 radical (unpaired) electrons. The standard InChI is InChI=1S/C12H19N3O2/c1-9(2)15-6-3-4-10(15)8-11-13-12(5-7-16)17-14-11/h7,9-10H,3-6,8H2,1-2H3. The first-order valence-electron chi connectivity index (χ1n) is 6.21. The fourth-order valence-electron chi connectivity index (χ4n) is 2.50. The second-order valence-corrected chi connectivity index (χ2v) is 4.81. The first kappa shape index (κ1) is 12.2. The average Bonchev–Trinajstić information content (AvgIpc) is 2.89. The minimum Gasteiger partial charge on any atom is -0.339 e. The van der Waals surface area contributed by atoms with Crippen molar-refractivity contribution in [3.05, 3.63) is 11.7 Å². The molecule has 0 spiro atoms. The Bertz CT molecular complexity index is 376. The van der Waals surface area contributed by atoms with E-state index in [4.69, 9.17) is 4.52 Å². The van der Waals surface area contributed by atoms with Crippen molar-refractivity contribution < 1.29 is 9.32 Å². The highest BCUT2D eigenvalue weighted by Crippen LogP contribution is 2.22. The number of hydrogen-bond acceptors (Lipinski definition) is 5. The fraction of sp³-hybridized carbons (Fsp3) is 0.750. The van der Waals surface area contributed by atoms with Crippen LogP contribution in [-0.2, 0) is 17.6 Å². The van der Waals surface area contributed by atoms with Crippen molar-refractivity contribution in [2.24, 2.45) is 0 Å². The van der Waals surface area contributed by atoms with Crippen LogP contribution in [-0.4, -0.2) is 40.0 Å². The molecule has 0 aromatic carbocycles. The SMILES string of the molecule is CC(C)N1CCCC1Cc1noc(CC=O)n1.